The van der Waals surface area contributed by atoms with Crippen LogP contribution in [-0.4, -0.2) is 35.3 Å². The zero-order valence-electron chi connectivity index (χ0n) is 14.1. The van der Waals surface area contributed by atoms with Crippen molar-refractivity contribution in [3.05, 3.63) is 48.2 Å². The van der Waals surface area contributed by atoms with Crippen molar-refractivity contribution in [1.82, 2.24) is 19.5 Å². The van der Waals surface area contributed by atoms with Gasteiger partial charge in [-0.1, -0.05) is 30.3 Å². The lowest BCUT2D eigenvalue weighted by Crippen LogP contribution is -2.29. The summed E-state index contributed by atoms with van der Waals surface area (Å²) in [6.07, 6.45) is 2.48. The minimum absolute atomic E-state index is 0.0434. The summed E-state index contributed by atoms with van der Waals surface area (Å²) in [7, 11) is -3.67. The number of nitrogens with one attached hydrogen (secondary N) is 1. The molecule has 130 valence electrons. The fourth-order valence-corrected chi connectivity index (χ4v) is 3.01. The van der Waals surface area contributed by atoms with Crippen LogP contribution in [0.1, 0.15) is 30.2 Å². The predicted molar refractivity (Wildman–Crippen MR) is 95.7 cm³/mol. The number of carbonyl (C=O) groups excluding carboxylic acids is 1. The Morgan fingerprint density at radius 3 is 2.48 bits per heavy atom. The zero-order valence-corrected chi connectivity index (χ0v) is 14.9. The Bertz CT molecular complexity index is 1040. The lowest BCUT2D eigenvalue weighted by molar-refractivity contribution is 0.0983. The van der Waals surface area contributed by atoms with Gasteiger partial charge < -0.3 is 0 Å². The van der Waals surface area contributed by atoms with Gasteiger partial charge in [-0.05, 0) is 19.9 Å². The molecule has 2 heterocycles. The van der Waals surface area contributed by atoms with Crippen molar-refractivity contribution in [3.63, 3.8) is 0 Å². The van der Waals surface area contributed by atoms with E-state index in [1.54, 1.807) is 10.7 Å². The molecule has 1 N–H and O–H groups in total. The number of carbonyl (C=O) groups is 1. The third kappa shape index (κ3) is 3.53. The molecule has 0 saturated heterocycles. The molecule has 0 fully saturated rings. The maximum Gasteiger partial charge on any atom is 0.265 e. The normalized spacial score (nSPS) is 11.8. The number of hydrogen-bond donors (Lipinski definition) is 1. The van der Waals surface area contributed by atoms with Gasteiger partial charge >= 0.3 is 0 Å². The van der Waals surface area contributed by atoms with Crippen LogP contribution in [0.4, 0.5) is 0 Å². The number of pyridine rings is 1. The van der Waals surface area contributed by atoms with Crippen molar-refractivity contribution in [2.45, 2.75) is 19.9 Å². The first kappa shape index (κ1) is 17.1. The smallest absolute Gasteiger partial charge is 0.265 e. The summed E-state index contributed by atoms with van der Waals surface area (Å²) in [6, 6.07) is 11.0. The SMILES string of the molecule is CC(C)n1ncc2c(C(=O)NS(C)(=O)=O)cc(-c3ccccc3)nc21. The van der Waals surface area contributed by atoms with E-state index in [4.69, 9.17) is 0 Å². The highest BCUT2D eigenvalue weighted by atomic mass is 32.2. The molecule has 25 heavy (non-hydrogen) atoms. The van der Waals surface area contributed by atoms with Gasteiger partial charge in [0, 0.05) is 11.6 Å². The molecule has 1 aromatic carbocycles. The highest BCUT2D eigenvalue weighted by molar-refractivity contribution is 7.89. The molecule has 0 unspecified atom stereocenters. The van der Waals surface area contributed by atoms with Gasteiger partial charge in [-0.25, -0.2) is 22.8 Å². The molecular formula is C17H18N4O3S. The minimum atomic E-state index is -3.67. The number of benzene rings is 1. The summed E-state index contributed by atoms with van der Waals surface area (Å²) in [5, 5.41) is 4.80. The summed E-state index contributed by atoms with van der Waals surface area (Å²) in [5.74, 6) is -0.699. The van der Waals surface area contributed by atoms with Crippen molar-refractivity contribution >= 4 is 27.0 Å². The first-order valence-electron chi connectivity index (χ1n) is 7.72. The van der Waals surface area contributed by atoms with E-state index in [2.05, 4.69) is 10.1 Å². The van der Waals surface area contributed by atoms with Gasteiger partial charge in [-0.15, -0.1) is 0 Å². The molecule has 0 bridgehead atoms. The van der Waals surface area contributed by atoms with Gasteiger partial charge in [0.15, 0.2) is 5.65 Å². The third-order valence-electron chi connectivity index (χ3n) is 3.65. The van der Waals surface area contributed by atoms with Crippen LogP contribution in [0.5, 0.6) is 0 Å². The number of rotatable bonds is 4. The molecule has 7 nitrogen and oxygen atoms in total. The predicted octanol–water partition coefficient (Wildman–Crippen LogP) is 2.37. The van der Waals surface area contributed by atoms with Crippen LogP contribution in [0.3, 0.4) is 0 Å². The number of sulfonamides is 1. The van der Waals surface area contributed by atoms with Crippen LogP contribution in [0, 0.1) is 0 Å². The van der Waals surface area contributed by atoms with E-state index in [9.17, 15) is 13.2 Å². The Kier molecular flexibility index (Phi) is 4.30. The number of nitrogens with zero attached hydrogens (tertiary/aromatic N) is 3. The average molecular weight is 358 g/mol. The number of aromatic nitrogens is 3. The van der Waals surface area contributed by atoms with Crippen molar-refractivity contribution in [1.29, 1.82) is 0 Å². The summed E-state index contributed by atoms with van der Waals surface area (Å²) < 4.78 is 26.6. The topological polar surface area (TPSA) is 94.0 Å². The lowest BCUT2D eigenvalue weighted by Gasteiger charge is -2.10. The Morgan fingerprint density at radius 2 is 1.88 bits per heavy atom. The van der Waals surface area contributed by atoms with Crippen molar-refractivity contribution in [2.24, 2.45) is 0 Å². The summed E-state index contributed by atoms with van der Waals surface area (Å²) >= 11 is 0. The molecule has 0 aliphatic heterocycles. The van der Waals surface area contributed by atoms with Gasteiger partial charge in [-0.3, -0.25) is 4.79 Å². The standard InChI is InChI=1S/C17H18N4O3S/c1-11(2)21-16-14(10-18-21)13(17(22)20-25(3,23)24)9-15(19-16)12-7-5-4-6-8-12/h4-11H,1-3H3,(H,20,22). The van der Waals surface area contributed by atoms with Gasteiger partial charge in [-0.2, -0.15) is 5.10 Å². The van der Waals surface area contributed by atoms with Crippen molar-refractivity contribution < 1.29 is 13.2 Å². The van der Waals surface area contributed by atoms with Crippen molar-refractivity contribution in [2.75, 3.05) is 6.26 Å². The van der Waals surface area contributed by atoms with Crippen LogP contribution >= 0.6 is 0 Å². The summed E-state index contributed by atoms with van der Waals surface area (Å²) in [4.78, 5) is 17.1. The van der Waals surface area contributed by atoms with Crippen LogP contribution in [0.25, 0.3) is 22.3 Å². The van der Waals surface area contributed by atoms with Crippen molar-refractivity contribution in [3.8, 4) is 11.3 Å². The van der Waals surface area contributed by atoms with E-state index < -0.39 is 15.9 Å². The Hall–Kier alpha value is -2.74. The first-order valence-corrected chi connectivity index (χ1v) is 9.61. The molecule has 0 radical (unpaired) electrons. The Labute approximate surface area is 145 Å². The average Bonchev–Trinajstić information content (AvgIpc) is 2.97. The number of hydrogen-bond acceptors (Lipinski definition) is 5. The highest BCUT2D eigenvalue weighted by Gasteiger charge is 2.20. The summed E-state index contributed by atoms with van der Waals surface area (Å²) in [6.45, 7) is 3.92. The Balaban J connectivity index is 2.26. The van der Waals surface area contributed by atoms with Gasteiger partial charge in [0.2, 0.25) is 10.0 Å². The van der Waals surface area contributed by atoms with Gasteiger partial charge in [0.05, 0.1) is 29.1 Å². The van der Waals surface area contributed by atoms with E-state index in [1.807, 2.05) is 48.9 Å². The number of fused-ring (bicyclic) bond motifs is 1. The van der Waals surface area contributed by atoms with Crippen LogP contribution in [-0.2, 0) is 10.0 Å². The van der Waals surface area contributed by atoms with Crippen LogP contribution in [0.15, 0.2) is 42.6 Å². The van der Waals surface area contributed by atoms with E-state index in [0.29, 0.717) is 16.7 Å². The van der Waals surface area contributed by atoms with Crippen LogP contribution < -0.4 is 4.72 Å². The molecule has 1 amide bonds. The van der Waals surface area contributed by atoms with Gasteiger partial charge in [0.1, 0.15) is 0 Å². The molecule has 0 saturated carbocycles. The second-order valence-corrected chi connectivity index (χ2v) is 7.79. The van der Waals surface area contributed by atoms with Gasteiger partial charge in [0.25, 0.3) is 5.91 Å². The summed E-state index contributed by atoms with van der Waals surface area (Å²) in [5.41, 5.74) is 2.17. The van der Waals surface area contributed by atoms with E-state index >= 15 is 0 Å². The monoisotopic (exact) mass is 358 g/mol. The largest absolute Gasteiger partial charge is 0.268 e. The molecule has 0 spiro atoms. The highest BCUT2D eigenvalue weighted by Crippen LogP contribution is 2.26. The van der Waals surface area contributed by atoms with E-state index in [-0.39, 0.29) is 11.6 Å². The maximum absolute atomic E-state index is 12.5. The Morgan fingerprint density at radius 1 is 1.20 bits per heavy atom. The van der Waals surface area contributed by atoms with E-state index in [1.165, 1.54) is 6.20 Å². The quantitative estimate of drug-likeness (QED) is 0.773. The molecule has 0 aliphatic carbocycles. The minimum Gasteiger partial charge on any atom is -0.268 e. The third-order valence-corrected chi connectivity index (χ3v) is 4.20. The second kappa shape index (κ2) is 6.29. The second-order valence-electron chi connectivity index (χ2n) is 6.04. The molecule has 3 rings (SSSR count). The lowest BCUT2D eigenvalue weighted by atomic mass is 10.1. The van der Waals surface area contributed by atoms with Crippen LogP contribution in [0.2, 0.25) is 0 Å². The molecular weight excluding hydrogens is 340 g/mol. The molecule has 8 heteroatoms. The number of amides is 1. The fraction of sp³-hybridized carbons (Fsp3) is 0.235. The first-order chi connectivity index (χ1) is 11.8. The maximum atomic E-state index is 12.5. The molecule has 2 aromatic heterocycles. The fourth-order valence-electron chi connectivity index (χ4n) is 2.56. The zero-order chi connectivity index (χ0) is 18.2. The molecule has 0 aliphatic rings. The van der Waals surface area contributed by atoms with E-state index in [0.717, 1.165) is 11.8 Å². The molecule has 3 aromatic rings. The molecule has 0 atom stereocenters.